The molecule has 2 heterocycles. The van der Waals surface area contributed by atoms with Gasteiger partial charge >= 0.3 is 0 Å². The van der Waals surface area contributed by atoms with Gasteiger partial charge in [0.25, 0.3) is 0 Å². The van der Waals surface area contributed by atoms with Crippen molar-refractivity contribution in [2.24, 2.45) is 5.92 Å². The van der Waals surface area contributed by atoms with Crippen LogP contribution in [0.4, 0.5) is 5.69 Å². The predicted octanol–water partition coefficient (Wildman–Crippen LogP) is 3.75. The van der Waals surface area contributed by atoms with Crippen LogP contribution in [0.2, 0.25) is 0 Å². The number of benzene rings is 1. The molecule has 1 aliphatic rings. The van der Waals surface area contributed by atoms with Gasteiger partial charge in [-0.3, -0.25) is 9.78 Å². The Morgan fingerprint density at radius 1 is 1.14 bits per heavy atom. The number of aromatic nitrogens is 1. The molecule has 0 aliphatic carbocycles. The number of nitrogens with one attached hydrogen (secondary N) is 1. The summed E-state index contributed by atoms with van der Waals surface area (Å²) < 4.78 is 0. The Balaban J connectivity index is 1.99. The molecule has 1 atom stereocenters. The fourth-order valence-electron chi connectivity index (χ4n) is 3.12. The van der Waals surface area contributed by atoms with Gasteiger partial charge in [-0.25, -0.2) is 0 Å². The molecule has 2 aromatic rings. The first-order chi connectivity index (χ1) is 10.1. The van der Waals surface area contributed by atoms with E-state index in [1.165, 1.54) is 16.7 Å². The topological polar surface area (TPSA) is 42.0 Å². The summed E-state index contributed by atoms with van der Waals surface area (Å²) in [5, 5.41) is 2.94. The average molecular weight is 280 g/mol. The summed E-state index contributed by atoms with van der Waals surface area (Å²) in [4.78, 5) is 15.7. The zero-order valence-electron chi connectivity index (χ0n) is 12.5. The van der Waals surface area contributed by atoms with E-state index in [1.54, 1.807) is 0 Å². The van der Waals surface area contributed by atoms with Crippen LogP contribution in [0.5, 0.6) is 0 Å². The van der Waals surface area contributed by atoms with Gasteiger partial charge in [-0.15, -0.1) is 0 Å². The van der Waals surface area contributed by atoms with E-state index in [0.717, 1.165) is 12.1 Å². The normalized spacial score (nSPS) is 15.5. The Hall–Kier alpha value is -2.16. The Kier molecular flexibility index (Phi) is 3.74. The van der Waals surface area contributed by atoms with Gasteiger partial charge in [-0.1, -0.05) is 32.0 Å². The maximum Gasteiger partial charge on any atom is 0.224 e. The number of amides is 1. The number of carbonyl (C=O) groups excluding carboxylic acids is 1. The van der Waals surface area contributed by atoms with Crippen molar-refractivity contribution in [2.75, 3.05) is 5.32 Å². The van der Waals surface area contributed by atoms with E-state index in [2.05, 4.69) is 42.3 Å². The standard InChI is InChI=1S/C18H20N2O/c1-12(2)18(15-4-3-9-19-11-15)14-5-7-16-13(10-14)6-8-17(21)20-16/h3-5,7,9-12,18H,6,8H2,1-2H3,(H,20,21). The van der Waals surface area contributed by atoms with Crippen LogP contribution < -0.4 is 5.32 Å². The number of aryl methyl sites for hydroxylation is 1. The second kappa shape index (κ2) is 5.68. The Morgan fingerprint density at radius 2 is 2.00 bits per heavy atom. The first kappa shape index (κ1) is 13.8. The zero-order valence-corrected chi connectivity index (χ0v) is 12.5. The highest BCUT2D eigenvalue weighted by Gasteiger charge is 2.21. The third-order valence-electron chi connectivity index (χ3n) is 4.09. The molecule has 1 aromatic heterocycles. The smallest absolute Gasteiger partial charge is 0.224 e. The molecule has 21 heavy (non-hydrogen) atoms. The van der Waals surface area contributed by atoms with E-state index in [4.69, 9.17) is 0 Å². The fourth-order valence-corrected chi connectivity index (χ4v) is 3.12. The molecule has 1 amide bonds. The van der Waals surface area contributed by atoms with Crippen molar-refractivity contribution >= 4 is 11.6 Å². The molecule has 1 aliphatic heterocycles. The number of anilines is 1. The Morgan fingerprint density at radius 3 is 2.71 bits per heavy atom. The number of rotatable bonds is 3. The molecule has 1 N–H and O–H groups in total. The molecule has 1 aromatic carbocycles. The molecule has 3 nitrogen and oxygen atoms in total. The van der Waals surface area contributed by atoms with Crippen LogP contribution in [0.25, 0.3) is 0 Å². The maximum atomic E-state index is 11.5. The number of hydrogen-bond acceptors (Lipinski definition) is 2. The summed E-state index contributed by atoms with van der Waals surface area (Å²) >= 11 is 0. The minimum atomic E-state index is 0.114. The van der Waals surface area contributed by atoms with E-state index < -0.39 is 0 Å². The number of fused-ring (bicyclic) bond motifs is 1. The highest BCUT2D eigenvalue weighted by atomic mass is 16.1. The summed E-state index contributed by atoms with van der Waals surface area (Å²) in [6.07, 6.45) is 5.16. The molecule has 0 radical (unpaired) electrons. The summed E-state index contributed by atoms with van der Waals surface area (Å²) in [5.74, 6) is 0.940. The monoisotopic (exact) mass is 280 g/mol. The highest BCUT2D eigenvalue weighted by Crippen LogP contribution is 2.34. The Bertz CT molecular complexity index is 650. The second-order valence-corrected chi connectivity index (χ2v) is 5.97. The van der Waals surface area contributed by atoms with E-state index in [0.29, 0.717) is 18.3 Å². The lowest BCUT2D eigenvalue weighted by molar-refractivity contribution is -0.116. The van der Waals surface area contributed by atoms with E-state index in [9.17, 15) is 4.79 Å². The lowest BCUT2D eigenvalue weighted by Crippen LogP contribution is -2.19. The van der Waals surface area contributed by atoms with Gasteiger partial charge < -0.3 is 5.32 Å². The first-order valence-electron chi connectivity index (χ1n) is 7.48. The average Bonchev–Trinajstić information content (AvgIpc) is 2.48. The zero-order chi connectivity index (χ0) is 14.8. The lowest BCUT2D eigenvalue weighted by Gasteiger charge is -2.24. The van der Waals surface area contributed by atoms with Crippen molar-refractivity contribution < 1.29 is 4.79 Å². The summed E-state index contributed by atoms with van der Waals surface area (Å²) in [5.41, 5.74) is 4.74. The van der Waals surface area contributed by atoms with E-state index in [-0.39, 0.29) is 5.91 Å². The number of pyridine rings is 1. The summed E-state index contributed by atoms with van der Waals surface area (Å²) in [7, 11) is 0. The second-order valence-electron chi connectivity index (χ2n) is 5.97. The summed E-state index contributed by atoms with van der Waals surface area (Å²) in [6.45, 7) is 4.47. The van der Waals surface area contributed by atoms with Crippen LogP contribution in [0.3, 0.4) is 0 Å². The quantitative estimate of drug-likeness (QED) is 0.930. The third kappa shape index (κ3) is 2.82. The molecule has 3 rings (SSSR count). The van der Waals surface area contributed by atoms with Crippen LogP contribution in [-0.4, -0.2) is 10.9 Å². The minimum Gasteiger partial charge on any atom is -0.326 e. The summed E-state index contributed by atoms with van der Waals surface area (Å²) in [6, 6.07) is 10.5. The molecule has 1 unspecified atom stereocenters. The molecule has 3 heteroatoms. The van der Waals surface area contributed by atoms with Gasteiger partial charge in [0.1, 0.15) is 0 Å². The molecule has 0 bridgehead atoms. The van der Waals surface area contributed by atoms with Crippen LogP contribution >= 0.6 is 0 Å². The minimum absolute atomic E-state index is 0.114. The van der Waals surface area contributed by atoms with Crippen molar-refractivity contribution in [2.45, 2.75) is 32.6 Å². The van der Waals surface area contributed by atoms with Crippen molar-refractivity contribution in [3.05, 3.63) is 59.4 Å². The molecule has 108 valence electrons. The largest absolute Gasteiger partial charge is 0.326 e. The van der Waals surface area contributed by atoms with Crippen LogP contribution in [0, 0.1) is 5.92 Å². The van der Waals surface area contributed by atoms with Crippen LogP contribution in [0.15, 0.2) is 42.7 Å². The first-order valence-corrected chi connectivity index (χ1v) is 7.48. The Labute approximate surface area is 125 Å². The molecular weight excluding hydrogens is 260 g/mol. The van der Waals surface area contributed by atoms with Gasteiger partial charge in [0.15, 0.2) is 0 Å². The van der Waals surface area contributed by atoms with Crippen molar-refractivity contribution in [3.8, 4) is 0 Å². The fraction of sp³-hybridized carbons (Fsp3) is 0.333. The van der Waals surface area contributed by atoms with Crippen molar-refractivity contribution in [1.82, 2.24) is 4.98 Å². The van der Waals surface area contributed by atoms with Crippen molar-refractivity contribution in [3.63, 3.8) is 0 Å². The van der Waals surface area contributed by atoms with Gasteiger partial charge in [-0.2, -0.15) is 0 Å². The highest BCUT2D eigenvalue weighted by molar-refractivity contribution is 5.93. The third-order valence-corrected chi connectivity index (χ3v) is 4.09. The van der Waals surface area contributed by atoms with E-state index >= 15 is 0 Å². The van der Waals surface area contributed by atoms with Crippen LogP contribution in [-0.2, 0) is 11.2 Å². The molecule has 0 saturated carbocycles. The van der Waals surface area contributed by atoms with Gasteiger partial charge in [-0.05, 0) is 41.2 Å². The van der Waals surface area contributed by atoms with Crippen molar-refractivity contribution in [1.29, 1.82) is 0 Å². The molecular formula is C18H20N2O. The van der Waals surface area contributed by atoms with E-state index in [1.807, 2.05) is 24.5 Å². The maximum absolute atomic E-state index is 11.5. The van der Waals surface area contributed by atoms with Crippen LogP contribution in [0.1, 0.15) is 42.9 Å². The number of nitrogens with zero attached hydrogens (tertiary/aromatic N) is 1. The SMILES string of the molecule is CC(C)C(c1cccnc1)c1ccc2c(c1)CCC(=O)N2. The number of hydrogen-bond donors (Lipinski definition) is 1. The predicted molar refractivity (Wildman–Crippen MR) is 84.3 cm³/mol. The molecule has 0 spiro atoms. The van der Waals surface area contributed by atoms with Gasteiger partial charge in [0, 0.05) is 30.4 Å². The van der Waals surface area contributed by atoms with Gasteiger partial charge in [0.05, 0.1) is 0 Å². The van der Waals surface area contributed by atoms with Gasteiger partial charge in [0.2, 0.25) is 5.91 Å². The molecule has 0 saturated heterocycles. The lowest BCUT2D eigenvalue weighted by atomic mass is 9.82. The molecule has 0 fully saturated rings. The number of carbonyl (C=O) groups is 1.